The summed E-state index contributed by atoms with van der Waals surface area (Å²) in [5.74, 6) is 0.439. The largest absolute Gasteiger partial charge is 0.389 e. The van der Waals surface area contributed by atoms with Crippen LogP contribution in [0.1, 0.15) is 40.0 Å². The molecule has 0 saturated heterocycles. The molecule has 0 fully saturated rings. The van der Waals surface area contributed by atoms with Crippen molar-refractivity contribution < 1.29 is 13.5 Å². The fraction of sp³-hybridized carbons (Fsp3) is 1.00. The van der Waals surface area contributed by atoms with Crippen LogP contribution in [0, 0.1) is 0 Å². The van der Waals surface area contributed by atoms with Gasteiger partial charge in [-0.1, -0.05) is 20.8 Å². The van der Waals surface area contributed by atoms with Crippen LogP contribution in [0.15, 0.2) is 0 Å². The molecule has 0 aliphatic rings. The molecule has 0 aromatic rings. The number of nitrogens with one attached hydrogen (secondary N) is 1. The molecule has 16 heavy (non-hydrogen) atoms. The third kappa shape index (κ3) is 6.45. The van der Waals surface area contributed by atoms with Crippen molar-refractivity contribution in [1.82, 2.24) is 5.32 Å². The fourth-order valence-corrected chi connectivity index (χ4v) is 2.26. The number of aliphatic hydroxyl groups is 1. The molecule has 4 nitrogen and oxygen atoms in total. The normalized spacial score (nSPS) is 13.0. The zero-order valence-electron chi connectivity index (χ0n) is 10.6. The highest BCUT2D eigenvalue weighted by molar-refractivity contribution is 7.91. The average molecular weight is 251 g/mol. The van der Waals surface area contributed by atoms with Gasteiger partial charge in [-0.3, -0.25) is 0 Å². The highest BCUT2D eigenvalue weighted by Gasteiger charge is 2.20. The molecule has 0 amide bonds. The van der Waals surface area contributed by atoms with E-state index in [0.717, 1.165) is 0 Å². The quantitative estimate of drug-likeness (QED) is 0.599. The minimum Gasteiger partial charge on any atom is -0.389 e. The molecule has 0 rings (SSSR count). The molecule has 0 aliphatic heterocycles. The van der Waals surface area contributed by atoms with E-state index in [1.807, 2.05) is 13.8 Å². The maximum atomic E-state index is 11.2. The van der Waals surface area contributed by atoms with Crippen LogP contribution < -0.4 is 5.32 Å². The van der Waals surface area contributed by atoms with Gasteiger partial charge in [0.25, 0.3) is 0 Å². The first-order valence-electron chi connectivity index (χ1n) is 6.02. The van der Waals surface area contributed by atoms with Gasteiger partial charge in [-0.05, 0) is 25.8 Å². The first-order chi connectivity index (χ1) is 7.39. The van der Waals surface area contributed by atoms with E-state index in [9.17, 15) is 13.5 Å². The Labute approximate surface area is 99.4 Å². The van der Waals surface area contributed by atoms with Gasteiger partial charge in [0.2, 0.25) is 0 Å². The van der Waals surface area contributed by atoms with Crippen molar-refractivity contribution in [3.8, 4) is 0 Å². The predicted octanol–water partition coefficient (Wildman–Crippen LogP) is 0.952. The molecule has 0 unspecified atom stereocenters. The SMILES string of the molecule is CCC(O)(CC)CNCCCS(=O)(=O)CC. The number of rotatable bonds is 9. The number of hydrogen-bond donors (Lipinski definition) is 2. The highest BCUT2D eigenvalue weighted by Crippen LogP contribution is 2.12. The molecule has 0 atom stereocenters. The molecule has 2 N–H and O–H groups in total. The lowest BCUT2D eigenvalue weighted by Gasteiger charge is -2.25. The third-order valence-electron chi connectivity index (χ3n) is 3.02. The van der Waals surface area contributed by atoms with E-state index < -0.39 is 15.4 Å². The molecule has 0 aromatic carbocycles. The van der Waals surface area contributed by atoms with Crippen molar-refractivity contribution in [2.75, 3.05) is 24.6 Å². The van der Waals surface area contributed by atoms with Crippen LogP contribution in [0.4, 0.5) is 0 Å². The Morgan fingerprint density at radius 3 is 2.19 bits per heavy atom. The second-order valence-corrected chi connectivity index (χ2v) is 6.67. The zero-order chi connectivity index (χ0) is 12.7. The lowest BCUT2D eigenvalue weighted by molar-refractivity contribution is 0.0328. The minimum absolute atomic E-state index is 0.209. The van der Waals surface area contributed by atoms with E-state index in [2.05, 4.69) is 5.32 Å². The monoisotopic (exact) mass is 251 g/mol. The van der Waals surface area contributed by atoms with Crippen LogP contribution in [-0.2, 0) is 9.84 Å². The fourth-order valence-electron chi connectivity index (χ4n) is 1.38. The van der Waals surface area contributed by atoms with Gasteiger partial charge < -0.3 is 10.4 Å². The summed E-state index contributed by atoms with van der Waals surface area (Å²) in [4.78, 5) is 0. The van der Waals surface area contributed by atoms with Crippen LogP contribution in [0.25, 0.3) is 0 Å². The Balaban J connectivity index is 3.69. The second kappa shape index (κ2) is 7.25. The summed E-state index contributed by atoms with van der Waals surface area (Å²) in [5, 5.41) is 13.1. The van der Waals surface area contributed by atoms with Crippen molar-refractivity contribution in [3.05, 3.63) is 0 Å². The van der Waals surface area contributed by atoms with Crippen LogP contribution in [0.2, 0.25) is 0 Å². The molecule has 0 saturated carbocycles. The Morgan fingerprint density at radius 1 is 1.19 bits per heavy atom. The van der Waals surface area contributed by atoms with Crippen LogP contribution >= 0.6 is 0 Å². The third-order valence-corrected chi connectivity index (χ3v) is 4.81. The van der Waals surface area contributed by atoms with E-state index in [-0.39, 0.29) is 11.5 Å². The van der Waals surface area contributed by atoms with Crippen LogP contribution in [0.5, 0.6) is 0 Å². The Hall–Kier alpha value is -0.130. The molecule has 0 bridgehead atoms. The molecule has 0 aromatic heterocycles. The van der Waals surface area contributed by atoms with Crippen LogP contribution in [0.3, 0.4) is 0 Å². The van der Waals surface area contributed by atoms with E-state index in [0.29, 0.717) is 32.4 Å². The molecule has 0 heterocycles. The van der Waals surface area contributed by atoms with Crippen molar-refractivity contribution in [3.63, 3.8) is 0 Å². The Kier molecular flexibility index (Phi) is 7.19. The predicted molar refractivity (Wildman–Crippen MR) is 67.3 cm³/mol. The maximum Gasteiger partial charge on any atom is 0.150 e. The van der Waals surface area contributed by atoms with Gasteiger partial charge in [-0.2, -0.15) is 0 Å². The standard InChI is InChI=1S/C11H25NO3S/c1-4-11(13,5-2)10-12-8-7-9-16(14,15)6-3/h12-13H,4-10H2,1-3H3. The number of hydrogen-bond acceptors (Lipinski definition) is 4. The van der Waals surface area contributed by atoms with E-state index >= 15 is 0 Å². The minimum atomic E-state index is -2.85. The first-order valence-corrected chi connectivity index (χ1v) is 7.84. The average Bonchev–Trinajstić information content (AvgIpc) is 2.28. The Morgan fingerprint density at radius 2 is 1.75 bits per heavy atom. The summed E-state index contributed by atoms with van der Waals surface area (Å²) in [7, 11) is -2.85. The molecule has 0 aliphatic carbocycles. The van der Waals surface area contributed by atoms with E-state index in [1.165, 1.54) is 0 Å². The summed E-state index contributed by atoms with van der Waals surface area (Å²) in [6, 6.07) is 0. The van der Waals surface area contributed by atoms with Gasteiger partial charge in [0.05, 0.1) is 11.4 Å². The molecule has 5 heteroatoms. The molecular weight excluding hydrogens is 226 g/mol. The van der Waals surface area contributed by atoms with Crippen molar-refractivity contribution in [2.45, 2.75) is 45.6 Å². The van der Waals surface area contributed by atoms with Crippen molar-refractivity contribution >= 4 is 9.84 Å². The summed E-state index contributed by atoms with van der Waals surface area (Å²) in [6.45, 7) is 6.74. The lowest BCUT2D eigenvalue weighted by atomic mass is 9.98. The lowest BCUT2D eigenvalue weighted by Crippen LogP contribution is -2.40. The number of sulfone groups is 1. The van der Waals surface area contributed by atoms with E-state index in [4.69, 9.17) is 0 Å². The van der Waals surface area contributed by atoms with E-state index in [1.54, 1.807) is 6.92 Å². The molecule has 98 valence electrons. The van der Waals surface area contributed by atoms with Crippen molar-refractivity contribution in [2.24, 2.45) is 0 Å². The second-order valence-electron chi connectivity index (χ2n) is 4.20. The summed E-state index contributed by atoms with van der Waals surface area (Å²) >= 11 is 0. The smallest absolute Gasteiger partial charge is 0.150 e. The molecule has 0 radical (unpaired) electrons. The maximum absolute atomic E-state index is 11.2. The Bertz CT molecular complexity index is 271. The summed E-state index contributed by atoms with van der Waals surface area (Å²) in [5.41, 5.74) is -0.649. The topological polar surface area (TPSA) is 66.4 Å². The van der Waals surface area contributed by atoms with Gasteiger partial charge in [-0.15, -0.1) is 0 Å². The molecular formula is C11H25NO3S. The summed E-state index contributed by atoms with van der Waals surface area (Å²) < 4.78 is 22.4. The van der Waals surface area contributed by atoms with Crippen molar-refractivity contribution in [1.29, 1.82) is 0 Å². The van der Waals surface area contributed by atoms with Gasteiger partial charge in [-0.25, -0.2) is 8.42 Å². The van der Waals surface area contributed by atoms with Gasteiger partial charge in [0.15, 0.2) is 0 Å². The van der Waals surface area contributed by atoms with Crippen LogP contribution in [-0.4, -0.2) is 43.7 Å². The molecule has 0 spiro atoms. The van der Waals surface area contributed by atoms with Gasteiger partial charge >= 0.3 is 0 Å². The van der Waals surface area contributed by atoms with Gasteiger partial charge in [0.1, 0.15) is 9.84 Å². The van der Waals surface area contributed by atoms with Gasteiger partial charge in [0, 0.05) is 12.3 Å². The highest BCUT2D eigenvalue weighted by atomic mass is 32.2. The zero-order valence-corrected chi connectivity index (χ0v) is 11.4. The first kappa shape index (κ1) is 15.9. The summed E-state index contributed by atoms with van der Waals surface area (Å²) in [6.07, 6.45) is 2.03.